The zero-order chi connectivity index (χ0) is 10.7. The van der Waals surface area contributed by atoms with E-state index >= 15 is 0 Å². The Hall–Kier alpha value is -1.46. The van der Waals surface area contributed by atoms with Crippen molar-refractivity contribution >= 4 is 28.7 Å². The molecule has 0 fully saturated rings. The first kappa shape index (κ1) is 10.1. The highest BCUT2D eigenvalue weighted by atomic mass is 32.1. The fourth-order valence-corrected chi connectivity index (χ4v) is 2.73. The van der Waals surface area contributed by atoms with Gasteiger partial charge in [-0.25, -0.2) is 0 Å². The Morgan fingerprint density at radius 3 is 2.93 bits per heavy atom. The average molecular weight is 237 g/mol. The molecule has 0 saturated carbocycles. The van der Waals surface area contributed by atoms with Crippen molar-refractivity contribution in [3.05, 3.63) is 50.2 Å². The molecule has 0 aliphatic carbocycles. The highest BCUT2D eigenvalue weighted by Crippen LogP contribution is 2.29. The van der Waals surface area contributed by atoms with Crippen molar-refractivity contribution in [2.45, 2.75) is 0 Å². The van der Waals surface area contributed by atoms with Crippen molar-refractivity contribution in [3.63, 3.8) is 0 Å². The molecule has 5 heteroatoms. The van der Waals surface area contributed by atoms with Gasteiger partial charge in [-0.2, -0.15) is 0 Å². The topological polar surface area (TPSA) is 43.1 Å². The van der Waals surface area contributed by atoms with Crippen LogP contribution < -0.4 is 0 Å². The minimum Gasteiger partial charge on any atom is -0.259 e. The average Bonchev–Trinajstić information content (AvgIpc) is 2.85. The molecule has 76 valence electrons. The highest BCUT2D eigenvalue weighted by molar-refractivity contribution is 7.15. The van der Waals surface area contributed by atoms with Gasteiger partial charge in [0.2, 0.25) is 6.20 Å². The largest absolute Gasteiger partial charge is 0.259 e. The fraction of sp³-hybridized carbons (Fsp3) is 0. The maximum atomic E-state index is 10.1. The first-order valence-electron chi connectivity index (χ1n) is 4.20. The maximum absolute atomic E-state index is 10.1. The molecule has 0 aromatic carbocycles. The second-order valence-electron chi connectivity index (χ2n) is 2.82. The van der Waals surface area contributed by atoms with E-state index in [1.54, 1.807) is 11.3 Å². The monoisotopic (exact) mass is 237 g/mol. The summed E-state index contributed by atoms with van der Waals surface area (Å²) >= 11 is 3.17. The van der Waals surface area contributed by atoms with Gasteiger partial charge in [0, 0.05) is 21.4 Å². The van der Waals surface area contributed by atoms with Crippen LogP contribution in [-0.4, -0.2) is 4.92 Å². The third-order valence-electron chi connectivity index (χ3n) is 1.79. The van der Waals surface area contributed by atoms with Gasteiger partial charge in [0.15, 0.2) is 0 Å². The minimum atomic E-state index is -0.454. The van der Waals surface area contributed by atoms with Gasteiger partial charge < -0.3 is 0 Å². The zero-order valence-corrected chi connectivity index (χ0v) is 9.25. The summed E-state index contributed by atoms with van der Waals surface area (Å²) in [6.45, 7) is 0. The van der Waals surface area contributed by atoms with Crippen LogP contribution in [0.3, 0.4) is 0 Å². The molecule has 0 amide bonds. The van der Waals surface area contributed by atoms with Crippen molar-refractivity contribution in [1.29, 1.82) is 0 Å². The molecule has 2 heterocycles. The molecule has 0 aliphatic heterocycles. The van der Waals surface area contributed by atoms with Crippen LogP contribution in [-0.2, 0) is 0 Å². The Morgan fingerprint density at radius 2 is 2.27 bits per heavy atom. The Balaban J connectivity index is 2.21. The van der Waals surface area contributed by atoms with Gasteiger partial charge in [-0.05, 0) is 22.9 Å². The molecule has 3 nitrogen and oxygen atoms in total. The molecule has 0 saturated heterocycles. The molecule has 0 N–H and O–H groups in total. The molecule has 2 aromatic heterocycles. The SMILES string of the molecule is O=[N+]([O-])/C=C/c1cc(-c2cccs2)cs1. The molecule has 0 radical (unpaired) electrons. The van der Waals surface area contributed by atoms with Gasteiger partial charge in [0.25, 0.3) is 0 Å². The molecule has 0 spiro atoms. The van der Waals surface area contributed by atoms with Crippen molar-refractivity contribution in [2.75, 3.05) is 0 Å². The third-order valence-corrected chi connectivity index (χ3v) is 3.60. The van der Waals surface area contributed by atoms with Gasteiger partial charge >= 0.3 is 0 Å². The molecule has 2 aromatic rings. The minimum absolute atomic E-state index is 0.454. The molecule has 2 rings (SSSR count). The second kappa shape index (κ2) is 4.37. The summed E-state index contributed by atoms with van der Waals surface area (Å²) in [5.41, 5.74) is 1.12. The fourth-order valence-electron chi connectivity index (χ4n) is 1.15. The standard InChI is InChI=1S/C10H7NO2S2/c12-11(13)4-3-9-6-8(7-15-9)10-2-1-5-14-10/h1-7H/b4-3+. The van der Waals surface area contributed by atoms with Gasteiger partial charge in [-0.15, -0.1) is 22.7 Å². The molecular formula is C10H7NO2S2. The second-order valence-corrected chi connectivity index (χ2v) is 4.71. The first-order valence-corrected chi connectivity index (χ1v) is 5.96. The van der Waals surface area contributed by atoms with Crippen LogP contribution in [0, 0.1) is 10.1 Å². The molecule has 0 atom stereocenters. The van der Waals surface area contributed by atoms with Gasteiger partial charge in [0.1, 0.15) is 0 Å². The third kappa shape index (κ3) is 2.51. The molecule has 15 heavy (non-hydrogen) atoms. The molecule has 0 unspecified atom stereocenters. The van der Waals surface area contributed by atoms with Crippen LogP contribution in [0.5, 0.6) is 0 Å². The number of nitro groups is 1. The number of rotatable bonds is 3. The lowest BCUT2D eigenvalue weighted by atomic mass is 10.2. The Morgan fingerprint density at radius 1 is 1.40 bits per heavy atom. The number of thiophene rings is 2. The smallest absolute Gasteiger partial charge is 0.235 e. The molecule has 0 aliphatic rings. The highest BCUT2D eigenvalue weighted by Gasteiger charge is 2.01. The lowest BCUT2D eigenvalue weighted by molar-refractivity contribution is -0.400. The van der Waals surface area contributed by atoms with E-state index in [1.165, 1.54) is 22.3 Å². The van der Waals surface area contributed by atoms with Crippen molar-refractivity contribution in [2.24, 2.45) is 0 Å². The van der Waals surface area contributed by atoms with E-state index < -0.39 is 4.92 Å². The van der Waals surface area contributed by atoms with Crippen molar-refractivity contribution in [1.82, 2.24) is 0 Å². The maximum Gasteiger partial charge on any atom is 0.235 e. The van der Waals surface area contributed by atoms with Crippen LogP contribution in [0.4, 0.5) is 0 Å². The summed E-state index contributed by atoms with van der Waals surface area (Å²) in [4.78, 5) is 11.8. The Kier molecular flexibility index (Phi) is 2.94. The summed E-state index contributed by atoms with van der Waals surface area (Å²) < 4.78 is 0. The quantitative estimate of drug-likeness (QED) is 0.603. The van der Waals surface area contributed by atoms with Crippen LogP contribution in [0.1, 0.15) is 4.88 Å². The van der Waals surface area contributed by atoms with Crippen LogP contribution >= 0.6 is 22.7 Å². The van der Waals surface area contributed by atoms with Crippen molar-refractivity contribution < 1.29 is 4.92 Å². The summed E-state index contributed by atoms with van der Waals surface area (Å²) in [5, 5.41) is 14.2. The summed E-state index contributed by atoms with van der Waals surface area (Å²) in [5.74, 6) is 0. The van der Waals surface area contributed by atoms with E-state index in [0.717, 1.165) is 16.6 Å². The zero-order valence-electron chi connectivity index (χ0n) is 7.62. The van der Waals surface area contributed by atoms with Crippen LogP contribution in [0.2, 0.25) is 0 Å². The van der Waals surface area contributed by atoms with E-state index in [0.29, 0.717) is 0 Å². The predicted molar refractivity (Wildman–Crippen MR) is 63.7 cm³/mol. The first-order chi connectivity index (χ1) is 7.25. The lowest BCUT2D eigenvalue weighted by Crippen LogP contribution is -1.80. The number of nitrogens with zero attached hydrogens (tertiary/aromatic N) is 1. The van der Waals surface area contributed by atoms with E-state index in [-0.39, 0.29) is 0 Å². The number of hydrogen-bond acceptors (Lipinski definition) is 4. The van der Waals surface area contributed by atoms with Gasteiger partial charge in [-0.1, -0.05) is 6.07 Å². The van der Waals surface area contributed by atoms with E-state index in [2.05, 4.69) is 0 Å². The van der Waals surface area contributed by atoms with E-state index in [1.807, 2.05) is 29.0 Å². The summed E-state index contributed by atoms with van der Waals surface area (Å²) in [7, 11) is 0. The normalized spacial score (nSPS) is 10.9. The molecule has 0 bridgehead atoms. The van der Waals surface area contributed by atoms with Gasteiger partial charge in [0.05, 0.1) is 4.92 Å². The van der Waals surface area contributed by atoms with Crippen LogP contribution in [0.25, 0.3) is 16.5 Å². The Bertz CT molecular complexity index is 485. The van der Waals surface area contributed by atoms with E-state index in [4.69, 9.17) is 0 Å². The van der Waals surface area contributed by atoms with E-state index in [9.17, 15) is 10.1 Å². The van der Waals surface area contributed by atoms with Gasteiger partial charge in [-0.3, -0.25) is 10.1 Å². The van der Waals surface area contributed by atoms with Crippen LogP contribution in [0.15, 0.2) is 35.2 Å². The molecular weight excluding hydrogens is 230 g/mol. The predicted octanol–water partition coefficient (Wildman–Crippen LogP) is 3.72. The Labute approximate surface area is 94.5 Å². The number of hydrogen-bond donors (Lipinski definition) is 0. The lowest BCUT2D eigenvalue weighted by Gasteiger charge is -1.86. The van der Waals surface area contributed by atoms with Crippen molar-refractivity contribution in [3.8, 4) is 10.4 Å². The summed E-state index contributed by atoms with van der Waals surface area (Å²) in [6.07, 6.45) is 2.48. The summed E-state index contributed by atoms with van der Waals surface area (Å²) in [6, 6.07) is 5.98.